The highest BCUT2D eigenvalue weighted by molar-refractivity contribution is 5.75. The molecule has 1 amide bonds. The monoisotopic (exact) mass is 274 g/mol. The van der Waals surface area contributed by atoms with Crippen molar-refractivity contribution in [2.24, 2.45) is 0 Å². The van der Waals surface area contributed by atoms with Crippen LogP contribution in [0.25, 0.3) is 0 Å². The molecule has 1 aromatic rings. The van der Waals surface area contributed by atoms with E-state index in [1.54, 1.807) is 0 Å². The van der Waals surface area contributed by atoms with Crippen LogP contribution in [0.3, 0.4) is 0 Å². The van der Waals surface area contributed by atoms with E-state index in [2.05, 4.69) is 41.8 Å². The van der Waals surface area contributed by atoms with Gasteiger partial charge in [-0.15, -0.1) is 0 Å². The minimum absolute atomic E-state index is 0.156. The number of fused-ring (bicyclic) bond motifs is 1. The Bertz CT molecular complexity index is 431. The molecule has 0 saturated carbocycles. The van der Waals surface area contributed by atoms with Crippen molar-refractivity contribution in [3.63, 3.8) is 0 Å². The maximum absolute atomic E-state index is 11.5. The van der Waals surface area contributed by atoms with Crippen LogP contribution in [0.2, 0.25) is 0 Å². The maximum Gasteiger partial charge on any atom is 0.221 e. The van der Waals surface area contributed by atoms with E-state index in [1.807, 2.05) is 0 Å². The molecule has 110 valence electrons. The summed E-state index contributed by atoms with van der Waals surface area (Å²) in [5.41, 5.74) is 3.01. The average Bonchev–Trinajstić information content (AvgIpc) is 2.49. The number of nitrogens with one attached hydrogen (secondary N) is 2. The first-order valence-electron chi connectivity index (χ1n) is 7.86. The lowest BCUT2D eigenvalue weighted by molar-refractivity contribution is -0.120. The molecular weight excluding hydrogens is 248 g/mol. The Morgan fingerprint density at radius 3 is 3.00 bits per heavy atom. The van der Waals surface area contributed by atoms with Crippen molar-refractivity contribution in [1.82, 2.24) is 10.6 Å². The molecule has 0 spiro atoms. The van der Waals surface area contributed by atoms with Gasteiger partial charge in [0.2, 0.25) is 5.91 Å². The van der Waals surface area contributed by atoms with Crippen LogP contribution in [0.15, 0.2) is 24.3 Å². The second-order valence-electron chi connectivity index (χ2n) is 5.59. The minimum Gasteiger partial charge on any atom is -0.356 e. The molecule has 1 aromatic carbocycles. The van der Waals surface area contributed by atoms with Crippen LogP contribution in [0.5, 0.6) is 0 Å². The van der Waals surface area contributed by atoms with Crippen LogP contribution >= 0.6 is 0 Å². The SMILES string of the molecule is CCCNC(=O)CCNCC1CCCc2ccccc21. The average molecular weight is 274 g/mol. The Hall–Kier alpha value is -1.35. The summed E-state index contributed by atoms with van der Waals surface area (Å²) in [6.45, 7) is 4.61. The summed E-state index contributed by atoms with van der Waals surface area (Å²) in [6.07, 6.45) is 5.32. The third kappa shape index (κ3) is 4.34. The summed E-state index contributed by atoms with van der Waals surface area (Å²) in [5, 5.41) is 6.35. The zero-order chi connectivity index (χ0) is 14.2. The zero-order valence-electron chi connectivity index (χ0n) is 12.5. The van der Waals surface area contributed by atoms with Gasteiger partial charge in [-0.25, -0.2) is 0 Å². The molecule has 1 atom stereocenters. The fraction of sp³-hybridized carbons (Fsp3) is 0.588. The molecule has 0 fully saturated rings. The van der Waals surface area contributed by atoms with E-state index >= 15 is 0 Å². The van der Waals surface area contributed by atoms with E-state index in [9.17, 15) is 4.79 Å². The van der Waals surface area contributed by atoms with Gasteiger partial charge in [-0.1, -0.05) is 31.2 Å². The second kappa shape index (κ2) is 8.05. The summed E-state index contributed by atoms with van der Waals surface area (Å²) in [4.78, 5) is 11.5. The third-order valence-corrected chi connectivity index (χ3v) is 3.99. The van der Waals surface area contributed by atoms with Gasteiger partial charge in [0, 0.05) is 26.1 Å². The molecule has 0 aromatic heterocycles. The number of aryl methyl sites for hydroxylation is 1. The summed E-state index contributed by atoms with van der Waals surface area (Å²) in [6, 6.07) is 8.77. The number of amides is 1. The first-order chi connectivity index (χ1) is 9.81. The second-order valence-corrected chi connectivity index (χ2v) is 5.59. The first-order valence-corrected chi connectivity index (χ1v) is 7.86. The summed E-state index contributed by atoms with van der Waals surface area (Å²) in [7, 11) is 0. The number of hydrogen-bond acceptors (Lipinski definition) is 2. The summed E-state index contributed by atoms with van der Waals surface area (Å²) in [5.74, 6) is 0.766. The lowest BCUT2D eigenvalue weighted by Gasteiger charge is -2.25. The summed E-state index contributed by atoms with van der Waals surface area (Å²) >= 11 is 0. The molecular formula is C17H26N2O. The minimum atomic E-state index is 0.156. The molecule has 1 unspecified atom stereocenters. The number of rotatable bonds is 7. The van der Waals surface area contributed by atoms with E-state index in [0.717, 1.165) is 26.1 Å². The summed E-state index contributed by atoms with van der Waals surface area (Å²) < 4.78 is 0. The van der Waals surface area contributed by atoms with E-state index in [0.29, 0.717) is 12.3 Å². The number of carbonyl (C=O) groups excluding carboxylic acids is 1. The van der Waals surface area contributed by atoms with Crippen molar-refractivity contribution in [3.8, 4) is 0 Å². The highest BCUT2D eigenvalue weighted by Gasteiger charge is 2.18. The van der Waals surface area contributed by atoms with Crippen molar-refractivity contribution in [2.45, 2.75) is 44.9 Å². The zero-order valence-corrected chi connectivity index (χ0v) is 12.5. The molecule has 0 bridgehead atoms. The van der Waals surface area contributed by atoms with Gasteiger partial charge in [-0.2, -0.15) is 0 Å². The number of carbonyl (C=O) groups is 1. The Morgan fingerprint density at radius 2 is 2.15 bits per heavy atom. The number of benzene rings is 1. The fourth-order valence-electron chi connectivity index (χ4n) is 2.90. The Morgan fingerprint density at radius 1 is 1.30 bits per heavy atom. The Labute approximate surface area is 122 Å². The quantitative estimate of drug-likeness (QED) is 0.750. The topological polar surface area (TPSA) is 41.1 Å². The van der Waals surface area contributed by atoms with Crippen molar-refractivity contribution < 1.29 is 4.79 Å². The van der Waals surface area contributed by atoms with Gasteiger partial charge >= 0.3 is 0 Å². The van der Waals surface area contributed by atoms with Crippen LogP contribution in [0, 0.1) is 0 Å². The highest BCUT2D eigenvalue weighted by Crippen LogP contribution is 2.30. The lowest BCUT2D eigenvalue weighted by atomic mass is 9.83. The van der Waals surface area contributed by atoms with Crippen LogP contribution in [-0.2, 0) is 11.2 Å². The molecule has 0 heterocycles. The van der Waals surface area contributed by atoms with Crippen molar-refractivity contribution >= 4 is 5.91 Å². The molecule has 2 rings (SSSR count). The van der Waals surface area contributed by atoms with E-state index in [1.165, 1.54) is 30.4 Å². The third-order valence-electron chi connectivity index (χ3n) is 3.99. The van der Waals surface area contributed by atoms with E-state index in [-0.39, 0.29) is 5.91 Å². The highest BCUT2D eigenvalue weighted by atomic mass is 16.1. The predicted octanol–water partition coefficient (Wildman–Crippen LogP) is 2.61. The van der Waals surface area contributed by atoms with Crippen LogP contribution in [0.1, 0.15) is 49.7 Å². The maximum atomic E-state index is 11.5. The molecule has 1 aliphatic carbocycles. The molecule has 0 radical (unpaired) electrons. The Balaban J connectivity index is 1.71. The van der Waals surface area contributed by atoms with Gasteiger partial charge in [-0.05, 0) is 42.7 Å². The lowest BCUT2D eigenvalue weighted by Crippen LogP contribution is -2.30. The van der Waals surface area contributed by atoms with Gasteiger partial charge in [0.1, 0.15) is 0 Å². The van der Waals surface area contributed by atoms with Crippen molar-refractivity contribution in [2.75, 3.05) is 19.6 Å². The molecule has 3 heteroatoms. The fourth-order valence-corrected chi connectivity index (χ4v) is 2.90. The van der Waals surface area contributed by atoms with Crippen molar-refractivity contribution in [1.29, 1.82) is 0 Å². The Kier molecular flexibility index (Phi) is 6.06. The predicted molar refractivity (Wildman–Crippen MR) is 82.9 cm³/mol. The molecule has 2 N–H and O–H groups in total. The molecule has 20 heavy (non-hydrogen) atoms. The molecule has 1 aliphatic rings. The van der Waals surface area contributed by atoms with Gasteiger partial charge in [0.25, 0.3) is 0 Å². The molecule has 0 aliphatic heterocycles. The van der Waals surface area contributed by atoms with Crippen molar-refractivity contribution in [3.05, 3.63) is 35.4 Å². The molecule has 3 nitrogen and oxygen atoms in total. The smallest absolute Gasteiger partial charge is 0.221 e. The van der Waals surface area contributed by atoms with E-state index in [4.69, 9.17) is 0 Å². The first kappa shape index (κ1) is 15.0. The van der Waals surface area contributed by atoms with Crippen LogP contribution in [-0.4, -0.2) is 25.5 Å². The van der Waals surface area contributed by atoms with E-state index < -0.39 is 0 Å². The standard InChI is InChI=1S/C17H26N2O/c1-2-11-19-17(20)10-12-18-13-15-8-5-7-14-6-3-4-9-16(14)15/h3-4,6,9,15,18H,2,5,7-8,10-13H2,1H3,(H,19,20). The van der Waals surface area contributed by atoms with Gasteiger partial charge in [-0.3, -0.25) is 4.79 Å². The normalized spacial score (nSPS) is 17.6. The van der Waals surface area contributed by atoms with Crippen LogP contribution < -0.4 is 10.6 Å². The largest absolute Gasteiger partial charge is 0.356 e. The van der Waals surface area contributed by atoms with Gasteiger partial charge in [0.15, 0.2) is 0 Å². The number of hydrogen-bond donors (Lipinski definition) is 2. The molecule has 0 saturated heterocycles. The van der Waals surface area contributed by atoms with Gasteiger partial charge < -0.3 is 10.6 Å². The van der Waals surface area contributed by atoms with Gasteiger partial charge in [0.05, 0.1) is 0 Å². The van der Waals surface area contributed by atoms with Crippen LogP contribution in [0.4, 0.5) is 0 Å².